The van der Waals surface area contributed by atoms with Crippen LogP contribution in [0.25, 0.3) is 17.0 Å². The number of hydrogen-bond donors (Lipinski definition) is 4. The number of halogens is 2. The van der Waals surface area contributed by atoms with Crippen LogP contribution in [0.3, 0.4) is 0 Å². The van der Waals surface area contributed by atoms with Crippen LogP contribution in [0.1, 0.15) is 56.5 Å². The average Bonchev–Trinajstić information content (AvgIpc) is 3.54. The first kappa shape index (κ1) is 29.4. The summed E-state index contributed by atoms with van der Waals surface area (Å²) in [5.41, 5.74) is 8.08. The Morgan fingerprint density at radius 3 is 2.56 bits per heavy atom. The molecule has 0 aromatic carbocycles. The summed E-state index contributed by atoms with van der Waals surface area (Å²) in [7, 11) is -1.55. The van der Waals surface area contributed by atoms with Crippen LogP contribution >= 0.6 is 0 Å². The third-order valence-electron chi connectivity index (χ3n) is 8.35. The van der Waals surface area contributed by atoms with Crippen LogP contribution in [0.2, 0.25) is 0 Å². The molecule has 0 bridgehead atoms. The summed E-state index contributed by atoms with van der Waals surface area (Å²) in [5.74, 6) is 1.41. The minimum absolute atomic E-state index is 0.271. The maximum Gasteiger partial charge on any atom is 0.333 e. The molecule has 43 heavy (non-hydrogen) atoms. The highest BCUT2D eigenvalue weighted by Gasteiger charge is 2.38. The van der Waals surface area contributed by atoms with Crippen molar-refractivity contribution in [2.24, 2.45) is 17.6 Å². The van der Waals surface area contributed by atoms with Crippen LogP contribution in [0.4, 0.5) is 8.78 Å². The highest BCUT2D eigenvalue weighted by molar-refractivity contribution is 7.90. The third kappa shape index (κ3) is 6.19. The molecule has 6 rings (SSSR count). The SMILES string of the molecule is CNCC1CCC(CNC2=CC(N)(c3ccnc(-c4cnn(S(=O)(=O)C5CC5)c4)n3)NC=C2c2ccn(C(F)F)n2)CC1. The fourth-order valence-corrected chi connectivity index (χ4v) is 7.18. The van der Waals surface area contributed by atoms with Crippen LogP contribution in [0, 0.1) is 11.8 Å². The van der Waals surface area contributed by atoms with E-state index < -0.39 is 27.5 Å². The first-order chi connectivity index (χ1) is 20.7. The molecule has 0 radical (unpaired) electrons. The van der Waals surface area contributed by atoms with E-state index >= 15 is 0 Å². The summed E-state index contributed by atoms with van der Waals surface area (Å²) in [4.78, 5) is 8.98. The van der Waals surface area contributed by atoms with E-state index in [1.54, 1.807) is 24.5 Å². The van der Waals surface area contributed by atoms with Crippen molar-refractivity contribution < 1.29 is 17.2 Å². The second kappa shape index (κ2) is 11.8. The van der Waals surface area contributed by atoms with Crippen LogP contribution in [0.15, 0.2) is 54.9 Å². The molecule has 1 atom stereocenters. The standard InChI is InChI=1S/C28H36F2N10O2S/c1-32-13-18-2-4-19(5-3-18)14-34-24-12-28(31,35-16-22(24)23-9-11-39(38-23)27(29)30)25-8-10-33-26(37-25)20-15-36-40(17-20)43(41,42)21-6-7-21/h8-12,15-19,21,27,32,34-35H,2-7,13-14,31H2,1H3. The summed E-state index contributed by atoms with van der Waals surface area (Å²) < 4.78 is 53.4. The van der Waals surface area contributed by atoms with Crippen molar-refractivity contribution in [2.75, 3.05) is 20.1 Å². The van der Waals surface area contributed by atoms with Gasteiger partial charge in [0.1, 0.15) is 0 Å². The molecule has 0 spiro atoms. The first-order valence-corrected chi connectivity index (χ1v) is 16.0. The third-order valence-corrected chi connectivity index (χ3v) is 10.4. The van der Waals surface area contributed by atoms with Crippen molar-refractivity contribution in [2.45, 2.75) is 56.0 Å². The van der Waals surface area contributed by atoms with Gasteiger partial charge in [-0.05, 0) is 82.2 Å². The Labute approximate surface area is 248 Å². The molecule has 3 aromatic rings. The van der Waals surface area contributed by atoms with E-state index in [1.807, 2.05) is 7.05 Å². The highest BCUT2D eigenvalue weighted by atomic mass is 32.2. The Morgan fingerprint density at radius 2 is 1.88 bits per heavy atom. The molecule has 1 unspecified atom stereocenters. The summed E-state index contributed by atoms with van der Waals surface area (Å²) in [6.07, 6.45) is 14.8. The van der Waals surface area contributed by atoms with Crippen molar-refractivity contribution in [1.82, 2.24) is 44.9 Å². The predicted molar refractivity (Wildman–Crippen MR) is 157 cm³/mol. The van der Waals surface area contributed by atoms with Crippen molar-refractivity contribution in [3.63, 3.8) is 0 Å². The quantitative estimate of drug-likeness (QED) is 0.253. The largest absolute Gasteiger partial charge is 0.384 e. The number of hydrogen-bond acceptors (Lipinski definition) is 10. The topological polar surface area (TPSA) is 158 Å². The zero-order valence-electron chi connectivity index (χ0n) is 23.8. The van der Waals surface area contributed by atoms with Gasteiger partial charge in [-0.1, -0.05) is 0 Å². The smallest absolute Gasteiger partial charge is 0.333 e. The lowest BCUT2D eigenvalue weighted by Gasteiger charge is -2.34. The van der Waals surface area contributed by atoms with E-state index in [0.29, 0.717) is 64.1 Å². The van der Waals surface area contributed by atoms with Gasteiger partial charge in [-0.25, -0.2) is 23.1 Å². The highest BCUT2D eigenvalue weighted by Crippen LogP contribution is 2.33. The van der Waals surface area contributed by atoms with Gasteiger partial charge in [-0.15, -0.1) is 0 Å². The molecular formula is C28H36F2N10O2S. The minimum atomic E-state index is -3.53. The van der Waals surface area contributed by atoms with E-state index in [2.05, 4.69) is 36.1 Å². The molecule has 12 nitrogen and oxygen atoms in total. The second-order valence-electron chi connectivity index (χ2n) is 11.5. The number of allylic oxidation sites excluding steroid dienone is 1. The van der Waals surface area contributed by atoms with Crippen LogP contribution in [-0.2, 0) is 15.7 Å². The van der Waals surface area contributed by atoms with Crippen LogP contribution in [0.5, 0.6) is 0 Å². The molecule has 0 amide bonds. The maximum atomic E-state index is 13.3. The molecule has 1 aliphatic heterocycles. The molecule has 2 fully saturated rings. The van der Waals surface area contributed by atoms with E-state index in [1.165, 1.54) is 24.7 Å². The van der Waals surface area contributed by atoms with Crippen molar-refractivity contribution in [1.29, 1.82) is 0 Å². The van der Waals surface area contributed by atoms with Crippen molar-refractivity contribution in [3.8, 4) is 11.4 Å². The monoisotopic (exact) mass is 614 g/mol. The molecule has 0 saturated heterocycles. The zero-order valence-corrected chi connectivity index (χ0v) is 24.6. The van der Waals surface area contributed by atoms with Gasteiger partial charge in [0.15, 0.2) is 11.5 Å². The number of nitrogens with zero attached hydrogens (tertiary/aromatic N) is 6. The number of nitrogens with two attached hydrogens (primary N) is 1. The number of dihydropyridines is 1. The molecule has 3 aromatic heterocycles. The number of alkyl halides is 2. The lowest BCUT2D eigenvalue weighted by atomic mass is 9.82. The van der Waals surface area contributed by atoms with E-state index in [4.69, 9.17) is 5.73 Å². The molecular weight excluding hydrogens is 578 g/mol. The van der Waals surface area contributed by atoms with Crippen LogP contribution < -0.4 is 21.7 Å². The fourth-order valence-electron chi connectivity index (χ4n) is 5.70. The number of nitrogens with one attached hydrogen (secondary N) is 3. The fraction of sp³-hybridized carbons (Fsp3) is 0.500. The Kier molecular flexibility index (Phi) is 8.04. The lowest BCUT2D eigenvalue weighted by molar-refractivity contribution is 0.0565. The van der Waals surface area contributed by atoms with Crippen molar-refractivity contribution >= 4 is 15.6 Å². The second-order valence-corrected chi connectivity index (χ2v) is 13.6. The first-order valence-electron chi connectivity index (χ1n) is 14.5. The molecule has 4 heterocycles. The Balaban J connectivity index is 1.26. The zero-order chi connectivity index (χ0) is 30.2. The normalized spacial score (nSPS) is 24.4. The van der Waals surface area contributed by atoms with E-state index in [9.17, 15) is 17.2 Å². The molecule has 2 saturated carbocycles. The molecule has 230 valence electrons. The predicted octanol–water partition coefficient (Wildman–Crippen LogP) is 2.53. The van der Waals surface area contributed by atoms with Gasteiger partial charge in [-0.3, -0.25) is 0 Å². The van der Waals surface area contributed by atoms with Gasteiger partial charge in [0.05, 0.1) is 34.6 Å². The average molecular weight is 615 g/mol. The summed E-state index contributed by atoms with van der Waals surface area (Å²) in [5, 5.41) is 17.7. The molecule has 2 aliphatic carbocycles. The summed E-state index contributed by atoms with van der Waals surface area (Å²) in [6.45, 7) is -1.04. The Morgan fingerprint density at radius 1 is 1.14 bits per heavy atom. The van der Waals surface area contributed by atoms with Gasteiger partial charge in [-0.2, -0.15) is 23.1 Å². The van der Waals surface area contributed by atoms with Gasteiger partial charge in [0.25, 0.3) is 10.0 Å². The van der Waals surface area contributed by atoms with Crippen molar-refractivity contribution in [3.05, 3.63) is 66.3 Å². The lowest BCUT2D eigenvalue weighted by Crippen LogP contribution is -2.50. The molecule has 15 heteroatoms. The maximum absolute atomic E-state index is 13.3. The molecule has 3 aliphatic rings. The van der Waals surface area contributed by atoms with Gasteiger partial charge in [0.2, 0.25) is 0 Å². The van der Waals surface area contributed by atoms with Crippen LogP contribution in [-0.4, -0.2) is 62.7 Å². The summed E-state index contributed by atoms with van der Waals surface area (Å²) in [6, 6.07) is 3.21. The van der Waals surface area contributed by atoms with E-state index in [-0.39, 0.29) is 5.82 Å². The van der Waals surface area contributed by atoms with Gasteiger partial charge in [0, 0.05) is 36.4 Å². The number of aromatic nitrogens is 6. The molecule has 5 N–H and O–H groups in total. The van der Waals surface area contributed by atoms with Gasteiger partial charge >= 0.3 is 6.55 Å². The van der Waals surface area contributed by atoms with Gasteiger partial charge < -0.3 is 21.7 Å². The number of rotatable bonds is 11. The Hall–Kier alpha value is -3.69. The minimum Gasteiger partial charge on any atom is -0.384 e. The van der Waals surface area contributed by atoms with E-state index in [0.717, 1.165) is 36.3 Å². The summed E-state index contributed by atoms with van der Waals surface area (Å²) >= 11 is 0. The Bertz CT molecular complexity index is 1620.